The van der Waals surface area contributed by atoms with E-state index < -0.39 is 0 Å². The summed E-state index contributed by atoms with van der Waals surface area (Å²) in [6.07, 6.45) is 0.910. The monoisotopic (exact) mass is 302 g/mol. The van der Waals surface area contributed by atoms with Crippen molar-refractivity contribution in [3.05, 3.63) is 65.7 Å². The maximum Gasteiger partial charge on any atom is 0.221 e. The van der Waals surface area contributed by atoms with Gasteiger partial charge in [-0.25, -0.2) is 0 Å². The van der Waals surface area contributed by atoms with E-state index in [-0.39, 0.29) is 23.9 Å². The number of carbonyl (C=O) groups is 1. The van der Waals surface area contributed by atoms with Crippen molar-refractivity contribution in [2.45, 2.75) is 24.8 Å². The van der Waals surface area contributed by atoms with Gasteiger partial charge >= 0.3 is 0 Å². The van der Waals surface area contributed by atoms with Crippen LogP contribution in [0.25, 0.3) is 0 Å². The van der Waals surface area contributed by atoms with Crippen LogP contribution in [0.15, 0.2) is 54.6 Å². The highest BCUT2D eigenvalue weighted by molar-refractivity contribution is 5.90. The number of halogens is 1. The average molecular weight is 303 g/mol. The van der Waals surface area contributed by atoms with Crippen molar-refractivity contribution in [3.63, 3.8) is 0 Å². The third-order valence-corrected chi connectivity index (χ3v) is 3.94. The van der Waals surface area contributed by atoms with E-state index in [4.69, 9.17) is 5.73 Å². The van der Waals surface area contributed by atoms with Gasteiger partial charge in [-0.05, 0) is 23.6 Å². The standard InChI is InChI=1S/C17H18N2O.ClH/c1-12(20)19-16-10-6-5-9-14(16)17(18)11-15(17)13-7-3-2-4-8-13;/h2-10,15H,11,18H2,1H3,(H,19,20);1H/t15-,17+;/m0./s1. The first kappa shape index (κ1) is 15.5. The second-order valence-corrected chi connectivity index (χ2v) is 5.43. The van der Waals surface area contributed by atoms with Gasteiger partial charge in [0.15, 0.2) is 0 Å². The van der Waals surface area contributed by atoms with Gasteiger partial charge in [0.1, 0.15) is 0 Å². The quantitative estimate of drug-likeness (QED) is 0.913. The van der Waals surface area contributed by atoms with Gasteiger partial charge in [0.25, 0.3) is 0 Å². The van der Waals surface area contributed by atoms with Crippen molar-refractivity contribution < 1.29 is 4.79 Å². The van der Waals surface area contributed by atoms with Crippen LogP contribution in [-0.4, -0.2) is 5.91 Å². The summed E-state index contributed by atoms with van der Waals surface area (Å²) in [4.78, 5) is 11.3. The number of amides is 1. The fourth-order valence-corrected chi connectivity index (χ4v) is 2.86. The largest absolute Gasteiger partial charge is 0.326 e. The summed E-state index contributed by atoms with van der Waals surface area (Å²) in [6.45, 7) is 1.52. The smallest absolute Gasteiger partial charge is 0.221 e. The molecule has 0 bridgehead atoms. The summed E-state index contributed by atoms with van der Waals surface area (Å²) in [5.74, 6) is 0.247. The maximum absolute atomic E-state index is 11.3. The van der Waals surface area contributed by atoms with E-state index in [2.05, 4.69) is 17.4 Å². The van der Waals surface area contributed by atoms with E-state index in [0.717, 1.165) is 17.7 Å². The third kappa shape index (κ3) is 2.94. The van der Waals surface area contributed by atoms with Gasteiger partial charge in [-0.15, -0.1) is 12.4 Å². The molecule has 3 rings (SSSR count). The minimum absolute atomic E-state index is 0. The summed E-state index contributed by atoms with van der Waals surface area (Å²) >= 11 is 0. The molecule has 0 aliphatic heterocycles. The van der Waals surface area contributed by atoms with Crippen LogP contribution in [0.3, 0.4) is 0 Å². The molecule has 1 aliphatic rings. The van der Waals surface area contributed by atoms with Gasteiger partial charge in [0.05, 0.1) is 5.54 Å². The Bertz CT molecular complexity index is 644. The summed E-state index contributed by atoms with van der Waals surface area (Å²) in [7, 11) is 0. The van der Waals surface area contributed by atoms with E-state index in [0.29, 0.717) is 5.92 Å². The van der Waals surface area contributed by atoms with Crippen LogP contribution >= 0.6 is 12.4 Å². The highest BCUT2D eigenvalue weighted by Crippen LogP contribution is 2.57. The first-order chi connectivity index (χ1) is 9.61. The van der Waals surface area contributed by atoms with Crippen LogP contribution in [0.1, 0.15) is 30.4 Å². The topological polar surface area (TPSA) is 55.1 Å². The van der Waals surface area contributed by atoms with Crippen molar-refractivity contribution in [3.8, 4) is 0 Å². The number of benzene rings is 2. The molecule has 21 heavy (non-hydrogen) atoms. The Morgan fingerprint density at radius 1 is 1.14 bits per heavy atom. The highest BCUT2D eigenvalue weighted by atomic mass is 35.5. The summed E-state index contributed by atoms with van der Waals surface area (Å²) in [5, 5.41) is 2.87. The van der Waals surface area contributed by atoms with Gasteiger partial charge in [0, 0.05) is 18.5 Å². The molecule has 2 aromatic rings. The van der Waals surface area contributed by atoms with Crippen molar-refractivity contribution in [2.75, 3.05) is 5.32 Å². The predicted octanol–water partition coefficient (Wildman–Crippen LogP) is 3.41. The van der Waals surface area contributed by atoms with Crippen LogP contribution in [0.5, 0.6) is 0 Å². The lowest BCUT2D eigenvalue weighted by atomic mass is 9.98. The number of hydrogen-bond donors (Lipinski definition) is 2. The summed E-state index contributed by atoms with van der Waals surface area (Å²) in [5.41, 5.74) is 9.29. The third-order valence-electron chi connectivity index (χ3n) is 3.94. The minimum Gasteiger partial charge on any atom is -0.326 e. The second-order valence-electron chi connectivity index (χ2n) is 5.43. The molecule has 0 heterocycles. The number of para-hydroxylation sites is 1. The van der Waals surface area contributed by atoms with Crippen molar-refractivity contribution in [1.29, 1.82) is 0 Å². The molecule has 1 aliphatic carbocycles. The molecule has 2 aromatic carbocycles. The lowest BCUT2D eigenvalue weighted by molar-refractivity contribution is -0.114. The average Bonchev–Trinajstić information content (AvgIpc) is 3.13. The van der Waals surface area contributed by atoms with Gasteiger partial charge in [-0.1, -0.05) is 48.5 Å². The fraction of sp³-hybridized carbons (Fsp3) is 0.235. The molecule has 1 amide bonds. The van der Waals surface area contributed by atoms with Crippen LogP contribution in [-0.2, 0) is 10.3 Å². The molecule has 2 atom stereocenters. The Kier molecular flexibility index (Phi) is 4.35. The van der Waals surface area contributed by atoms with Gasteiger partial charge in [0.2, 0.25) is 5.91 Å². The van der Waals surface area contributed by atoms with E-state index in [1.165, 1.54) is 12.5 Å². The minimum atomic E-state index is -0.375. The number of carbonyl (C=O) groups excluding carboxylic acids is 1. The lowest BCUT2D eigenvalue weighted by Crippen LogP contribution is -2.24. The molecule has 110 valence electrons. The first-order valence-electron chi connectivity index (χ1n) is 6.82. The Hall–Kier alpha value is -1.84. The Balaban J connectivity index is 0.00000161. The SMILES string of the molecule is CC(=O)Nc1ccccc1[C@]1(N)C[C@H]1c1ccccc1.Cl. The molecular weight excluding hydrogens is 284 g/mol. The molecule has 1 fully saturated rings. The first-order valence-corrected chi connectivity index (χ1v) is 6.82. The van der Waals surface area contributed by atoms with Crippen LogP contribution in [0.4, 0.5) is 5.69 Å². The zero-order chi connectivity index (χ0) is 14.2. The van der Waals surface area contributed by atoms with E-state index in [1.807, 2.05) is 42.5 Å². The van der Waals surface area contributed by atoms with Crippen LogP contribution < -0.4 is 11.1 Å². The molecule has 0 unspecified atom stereocenters. The maximum atomic E-state index is 11.3. The lowest BCUT2D eigenvalue weighted by Gasteiger charge is -2.17. The predicted molar refractivity (Wildman–Crippen MR) is 87.7 cm³/mol. The highest BCUT2D eigenvalue weighted by Gasteiger charge is 2.53. The summed E-state index contributed by atoms with van der Waals surface area (Å²) in [6, 6.07) is 18.1. The second kappa shape index (κ2) is 5.88. The van der Waals surface area contributed by atoms with E-state index >= 15 is 0 Å². The number of nitrogens with two attached hydrogens (primary N) is 1. The van der Waals surface area contributed by atoms with E-state index in [1.54, 1.807) is 0 Å². The Morgan fingerprint density at radius 3 is 2.43 bits per heavy atom. The fourth-order valence-electron chi connectivity index (χ4n) is 2.86. The Morgan fingerprint density at radius 2 is 1.76 bits per heavy atom. The summed E-state index contributed by atoms with van der Waals surface area (Å²) < 4.78 is 0. The Labute approximate surface area is 131 Å². The number of hydrogen-bond acceptors (Lipinski definition) is 2. The van der Waals surface area contributed by atoms with Crippen LogP contribution in [0.2, 0.25) is 0 Å². The van der Waals surface area contributed by atoms with E-state index in [9.17, 15) is 4.79 Å². The van der Waals surface area contributed by atoms with Gasteiger partial charge in [-0.2, -0.15) is 0 Å². The molecule has 4 heteroatoms. The van der Waals surface area contributed by atoms with Gasteiger partial charge in [-0.3, -0.25) is 4.79 Å². The number of nitrogens with one attached hydrogen (secondary N) is 1. The molecule has 1 saturated carbocycles. The number of anilines is 1. The number of rotatable bonds is 3. The molecule has 3 N–H and O–H groups in total. The van der Waals surface area contributed by atoms with Crippen molar-refractivity contribution in [2.24, 2.45) is 5.73 Å². The van der Waals surface area contributed by atoms with Crippen molar-refractivity contribution in [1.82, 2.24) is 0 Å². The zero-order valence-corrected chi connectivity index (χ0v) is 12.7. The molecular formula is C17H19ClN2O. The molecule has 0 saturated heterocycles. The molecule has 0 radical (unpaired) electrons. The normalized spacial score (nSPS) is 23.0. The van der Waals surface area contributed by atoms with Gasteiger partial charge < -0.3 is 11.1 Å². The zero-order valence-electron chi connectivity index (χ0n) is 11.9. The molecule has 0 spiro atoms. The molecule has 0 aromatic heterocycles. The van der Waals surface area contributed by atoms with Crippen molar-refractivity contribution >= 4 is 24.0 Å². The molecule has 3 nitrogen and oxygen atoms in total. The van der Waals surface area contributed by atoms with Crippen LogP contribution in [0, 0.1) is 0 Å².